The highest BCUT2D eigenvalue weighted by molar-refractivity contribution is 5.91. The average Bonchev–Trinajstić information content (AvgIpc) is 2.39. The molecule has 96 valence electrons. The quantitative estimate of drug-likeness (QED) is 0.593. The Labute approximate surface area is 105 Å². The minimum atomic E-state index is -1.11. The van der Waals surface area contributed by atoms with Gasteiger partial charge in [-0.25, -0.2) is 4.79 Å². The fraction of sp³-hybridized carbons (Fsp3) is 0.231. The van der Waals surface area contributed by atoms with Crippen LogP contribution >= 0.6 is 0 Å². The van der Waals surface area contributed by atoms with Crippen molar-refractivity contribution in [2.75, 3.05) is 12.4 Å². The maximum Gasteiger partial charge on any atom is 0.330 e. The fourth-order valence-corrected chi connectivity index (χ4v) is 1.44. The van der Waals surface area contributed by atoms with Crippen molar-refractivity contribution < 1.29 is 19.4 Å². The largest absolute Gasteiger partial charge is 0.497 e. The Morgan fingerprint density at radius 1 is 1.39 bits per heavy atom. The number of aliphatic carboxylic acids is 1. The predicted molar refractivity (Wildman–Crippen MR) is 67.9 cm³/mol. The number of aldehydes is 1. The summed E-state index contributed by atoms with van der Waals surface area (Å²) in [5.74, 6) is -0.430. The molecule has 0 saturated carbocycles. The highest BCUT2D eigenvalue weighted by Crippen LogP contribution is 2.17. The Morgan fingerprint density at radius 3 is 2.39 bits per heavy atom. The van der Waals surface area contributed by atoms with Gasteiger partial charge in [-0.3, -0.25) is 4.79 Å². The normalized spacial score (nSPS) is 12.7. The lowest BCUT2D eigenvalue weighted by Gasteiger charge is -2.15. The van der Waals surface area contributed by atoms with Gasteiger partial charge in [0.1, 0.15) is 12.0 Å². The molecule has 0 aliphatic rings. The van der Waals surface area contributed by atoms with E-state index in [9.17, 15) is 9.59 Å². The first kappa shape index (κ1) is 13.8. The molecule has 0 heterocycles. The summed E-state index contributed by atoms with van der Waals surface area (Å²) in [7, 11) is 1.55. The maximum absolute atomic E-state index is 11.1. The second-order valence-electron chi connectivity index (χ2n) is 3.55. The van der Waals surface area contributed by atoms with E-state index in [4.69, 9.17) is 9.84 Å². The number of carbonyl (C=O) groups excluding carboxylic acids is 1. The lowest BCUT2D eigenvalue weighted by molar-refractivity contribution is -0.137. The summed E-state index contributed by atoms with van der Waals surface area (Å²) < 4.78 is 5.00. The number of rotatable bonds is 6. The van der Waals surface area contributed by atoms with Crippen molar-refractivity contribution in [1.82, 2.24) is 0 Å². The van der Waals surface area contributed by atoms with Crippen LogP contribution in [0.3, 0.4) is 0 Å². The summed E-state index contributed by atoms with van der Waals surface area (Å²) in [6, 6.07) is 5.73. The summed E-state index contributed by atoms with van der Waals surface area (Å²) in [6.07, 6.45) is 2.01. The summed E-state index contributed by atoms with van der Waals surface area (Å²) in [5, 5.41) is 11.9. The van der Waals surface area contributed by atoms with Gasteiger partial charge < -0.3 is 15.2 Å². The van der Waals surface area contributed by atoms with E-state index in [-0.39, 0.29) is 5.57 Å². The van der Waals surface area contributed by atoms with Crippen molar-refractivity contribution in [1.29, 1.82) is 0 Å². The third kappa shape index (κ3) is 3.35. The monoisotopic (exact) mass is 249 g/mol. The van der Waals surface area contributed by atoms with Crippen LogP contribution in [0.2, 0.25) is 0 Å². The van der Waals surface area contributed by atoms with Gasteiger partial charge in [0.2, 0.25) is 0 Å². The van der Waals surface area contributed by atoms with Crippen molar-refractivity contribution >= 4 is 17.9 Å². The molecule has 0 amide bonds. The standard InChI is InChI=1S/C13H15NO4/c1-3-9(8-15)12(13(16)17)14-10-4-6-11(18-2)7-5-10/h3-8,12,14H,1-2H3,(H,16,17)/b9-3+/t12-/m0/s1. The molecule has 0 aliphatic carbocycles. The van der Waals surface area contributed by atoms with E-state index in [1.54, 1.807) is 38.3 Å². The van der Waals surface area contributed by atoms with E-state index < -0.39 is 12.0 Å². The number of benzene rings is 1. The van der Waals surface area contributed by atoms with E-state index >= 15 is 0 Å². The average molecular weight is 249 g/mol. The lowest BCUT2D eigenvalue weighted by Crippen LogP contribution is -2.31. The molecule has 0 spiro atoms. The Balaban J connectivity index is 2.89. The number of methoxy groups -OCH3 is 1. The van der Waals surface area contributed by atoms with Gasteiger partial charge >= 0.3 is 5.97 Å². The van der Waals surface area contributed by atoms with E-state index in [1.807, 2.05) is 0 Å². The van der Waals surface area contributed by atoms with Gasteiger partial charge in [-0.2, -0.15) is 0 Å². The van der Waals surface area contributed by atoms with Crippen molar-refractivity contribution in [2.24, 2.45) is 0 Å². The van der Waals surface area contributed by atoms with Crippen molar-refractivity contribution in [3.05, 3.63) is 35.9 Å². The second kappa shape index (κ2) is 6.44. The number of hydrogen-bond donors (Lipinski definition) is 2. The van der Waals surface area contributed by atoms with E-state index in [0.29, 0.717) is 17.7 Å². The van der Waals surface area contributed by atoms with Crippen LogP contribution in [0.1, 0.15) is 6.92 Å². The Kier molecular flexibility index (Phi) is 4.92. The smallest absolute Gasteiger partial charge is 0.330 e. The van der Waals surface area contributed by atoms with Crippen molar-refractivity contribution in [3.8, 4) is 5.75 Å². The predicted octanol–water partition coefficient (Wildman–Crippen LogP) is 1.71. The number of anilines is 1. The van der Waals surface area contributed by atoms with Crippen LogP contribution in [0.15, 0.2) is 35.9 Å². The summed E-state index contributed by atoms with van der Waals surface area (Å²) in [5.41, 5.74) is 0.780. The highest BCUT2D eigenvalue weighted by Gasteiger charge is 2.21. The summed E-state index contributed by atoms with van der Waals surface area (Å²) >= 11 is 0. The first-order chi connectivity index (χ1) is 8.62. The summed E-state index contributed by atoms with van der Waals surface area (Å²) in [4.78, 5) is 21.9. The number of nitrogens with one attached hydrogen (secondary N) is 1. The molecule has 1 aromatic carbocycles. The van der Waals surface area contributed by atoms with Gasteiger partial charge in [0.05, 0.1) is 7.11 Å². The molecule has 0 radical (unpaired) electrons. The molecule has 0 aliphatic heterocycles. The SMILES string of the molecule is C/C=C(\C=O)[C@H](Nc1ccc(OC)cc1)C(=O)O. The third-order valence-corrected chi connectivity index (χ3v) is 2.45. The zero-order chi connectivity index (χ0) is 13.5. The Morgan fingerprint density at radius 2 is 2.00 bits per heavy atom. The van der Waals surface area contributed by atoms with Gasteiger partial charge in [-0.05, 0) is 31.2 Å². The molecule has 2 N–H and O–H groups in total. The zero-order valence-electron chi connectivity index (χ0n) is 10.2. The molecule has 1 atom stereocenters. The maximum atomic E-state index is 11.1. The van der Waals surface area contributed by atoms with Gasteiger partial charge in [0.25, 0.3) is 0 Å². The van der Waals surface area contributed by atoms with E-state index in [2.05, 4.69) is 5.32 Å². The molecule has 0 aromatic heterocycles. The van der Waals surface area contributed by atoms with Crippen LogP contribution in [0.4, 0.5) is 5.69 Å². The van der Waals surface area contributed by atoms with Crippen LogP contribution in [0.5, 0.6) is 5.75 Å². The number of carbonyl (C=O) groups is 2. The second-order valence-corrected chi connectivity index (χ2v) is 3.55. The minimum Gasteiger partial charge on any atom is -0.497 e. The summed E-state index contributed by atoms with van der Waals surface area (Å²) in [6.45, 7) is 1.62. The van der Waals surface area contributed by atoms with Gasteiger partial charge in [-0.1, -0.05) is 6.08 Å². The fourth-order valence-electron chi connectivity index (χ4n) is 1.44. The van der Waals surface area contributed by atoms with Gasteiger partial charge in [0, 0.05) is 11.3 Å². The molecule has 1 rings (SSSR count). The highest BCUT2D eigenvalue weighted by atomic mass is 16.5. The lowest BCUT2D eigenvalue weighted by atomic mass is 10.1. The molecule has 0 fully saturated rings. The number of carboxylic acids is 1. The topological polar surface area (TPSA) is 75.6 Å². The molecular weight excluding hydrogens is 234 g/mol. The third-order valence-electron chi connectivity index (χ3n) is 2.45. The van der Waals surface area contributed by atoms with Crippen LogP contribution < -0.4 is 10.1 Å². The molecular formula is C13H15NO4. The molecule has 0 saturated heterocycles. The number of carboxylic acid groups (broad SMARTS) is 1. The molecule has 5 heteroatoms. The van der Waals surface area contributed by atoms with Crippen molar-refractivity contribution in [2.45, 2.75) is 13.0 Å². The first-order valence-corrected chi connectivity index (χ1v) is 5.37. The zero-order valence-corrected chi connectivity index (χ0v) is 10.2. The van der Waals surface area contributed by atoms with Gasteiger partial charge in [-0.15, -0.1) is 0 Å². The number of hydrogen-bond acceptors (Lipinski definition) is 4. The molecule has 5 nitrogen and oxygen atoms in total. The van der Waals surface area contributed by atoms with Crippen LogP contribution in [-0.2, 0) is 9.59 Å². The number of allylic oxidation sites excluding steroid dienone is 1. The van der Waals surface area contributed by atoms with E-state index in [1.165, 1.54) is 6.08 Å². The minimum absolute atomic E-state index is 0.179. The molecule has 18 heavy (non-hydrogen) atoms. The van der Waals surface area contributed by atoms with Crippen LogP contribution in [0, 0.1) is 0 Å². The molecule has 1 aromatic rings. The van der Waals surface area contributed by atoms with Crippen LogP contribution in [0.25, 0.3) is 0 Å². The Bertz CT molecular complexity index is 451. The Hall–Kier alpha value is -2.30. The van der Waals surface area contributed by atoms with Gasteiger partial charge in [0.15, 0.2) is 6.04 Å². The van der Waals surface area contributed by atoms with Crippen molar-refractivity contribution in [3.63, 3.8) is 0 Å². The number of ether oxygens (including phenoxy) is 1. The molecule has 0 bridgehead atoms. The molecule has 0 unspecified atom stereocenters. The van der Waals surface area contributed by atoms with Crippen LogP contribution in [-0.4, -0.2) is 30.5 Å². The van der Waals surface area contributed by atoms with E-state index in [0.717, 1.165) is 0 Å². The first-order valence-electron chi connectivity index (χ1n) is 5.37.